The molecular formula is C14H18F3N. The lowest BCUT2D eigenvalue weighted by Crippen LogP contribution is -2.22. The molecule has 4 heteroatoms. The molecule has 18 heavy (non-hydrogen) atoms. The second kappa shape index (κ2) is 5.21. The molecule has 1 aromatic rings. The van der Waals surface area contributed by atoms with E-state index in [1.54, 1.807) is 6.07 Å². The summed E-state index contributed by atoms with van der Waals surface area (Å²) in [6.07, 6.45) is 1.39. The lowest BCUT2D eigenvalue weighted by Gasteiger charge is -2.24. The van der Waals surface area contributed by atoms with Gasteiger partial charge in [-0.2, -0.15) is 13.2 Å². The van der Waals surface area contributed by atoms with Gasteiger partial charge < -0.3 is 5.32 Å². The van der Waals surface area contributed by atoms with Crippen LogP contribution in [-0.4, -0.2) is 6.04 Å². The van der Waals surface area contributed by atoms with Crippen molar-refractivity contribution < 1.29 is 13.2 Å². The Balaban J connectivity index is 2.14. The zero-order chi connectivity index (χ0) is 13.2. The van der Waals surface area contributed by atoms with Gasteiger partial charge in [0.2, 0.25) is 0 Å². The molecule has 0 aromatic heterocycles. The molecule has 1 N–H and O–H groups in total. The zero-order valence-electron chi connectivity index (χ0n) is 10.5. The number of anilines is 1. The smallest absolute Gasteiger partial charge is 0.382 e. The van der Waals surface area contributed by atoms with E-state index in [4.69, 9.17) is 0 Å². The third-order valence-electron chi connectivity index (χ3n) is 3.52. The highest BCUT2D eigenvalue weighted by molar-refractivity contribution is 5.50. The molecule has 1 aromatic carbocycles. The van der Waals surface area contributed by atoms with Crippen LogP contribution in [0.1, 0.15) is 43.2 Å². The first-order valence-corrected chi connectivity index (χ1v) is 6.41. The molecule has 1 aliphatic rings. The highest BCUT2D eigenvalue weighted by Gasteiger charge is 2.32. The van der Waals surface area contributed by atoms with E-state index in [-0.39, 0.29) is 5.56 Å². The minimum Gasteiger partial charge on any atom is -0.382 e. The Morgan fingerprint density at radius 3 is 2.39 bits per heavy atom. The number of benzene rings is 1. The number of nitrogens with one attached hydrogen (secondary N) is 1. The van der Waals surface area contributed by atoms with E-state index in [0.29, 0.717) is 11.7 Å². The van der Waals surface area contributed by atoms with Crippen LogP contribution in [0.4, 0.5) is 18.9 Å². The van der Waals surface area contributed by atoms with E-state index in [2.05, 4.69) is 5.32 Å². The summed E-state index contributed by atoms with van der Waals surface area (Å²) in [6, 6.07) is 4.82. The van der Waals surface area contributed by atoms with Gasteiger partial charge in [-0.25, -0.2) is 0 Å². The number of alkyl halides is 3. The monoisotopic (exact) mass is 257 g/mol. The zero-order valence-corrected chi connectivity index (χ0v) is 10.5. The molecule has 1 aliphatic carbocycles. The van der Waals surface area contributed by atoms with Crippen molar-refractivity contribution in [2.75, 3.05) is 5.32 Å². The quantitative estimate of drug-likeness (QED) is 0.805. The van der Waals surface area contributed by atoms with Crippen LogP contribution in [0.2, 0.25) is 0 Å². The maximum atomic E-state index is 12.8. The Bertz CT molecular complexity index is 406. The van der Waals surface area contributed by atoms with Crippen LogP contribution in [0.3, 0.4) is 0 Å². The lowest BCUT2D eigenvalue weighted by molar-refractivity contribution is -0.138. The second-order valence-electron chi connectivity index (χ2n) is 5.01. The van der Waals surface area contributed by atoms with Crippen molar-refractivity contribution in [2.24, 2.45) is 0 Å². The normalized spacial score (nSPS) is 17.8. The minimum atomic E-state index is -4.27. The molecule has 1 fully saturated rings. The van der Waals surface area contributed by atoms with Gasteiger partial charge in [0.05, 0.1) is 5.56 Å². The molecule has 2 rings (SSSR count). The number of halogens is 3. The summed E-state index contributed by atoms with van der Waals surface area (Å²) in [5.74, 6) is 0. The lowest BCUT2D eigenvalue weighted by atomic mass is 9.95. The van der Waals surface area contributed by atoms with Gasteiger partial charge in [-0.3, -0.25) is 0 Å². The van der Waals surface area contributed by atoms with Crippen LogP contribution >= 0.6 is 0 Å². The van der Waals surface area contributed by atoms with Crippen molar-refractivity contribution in [3.63, 3.8) is 0 Å². The fraction of sp³-hybridized carbons (Fsp3) is 0.571. The second-order valence-corrected chi connectivity index (χ2v) is 5.01. The van der Waals surface area contributed by atoms with E-state index < -0.39 is 11.7 Å². The molecule has 100 valence electrons. The Labute approximate surface area is 105 Å². The summed E-state index contributed by atoms with van der Waals surface area (Å²) in [7, 11) is 0. The molecule has 0 atom stereocenters. The van der Waals surface area contributed by atoms with Gasteiger partial charge in [-0.1, -0.05) is 25.3 Å². The van der Waals surface area contributed by atoms with Crippen LogP contribution in [0.5, 0.6) is 0 Å². The Morgan fingerprint density at radius 1 is 1.11 bits per heavy atom. The van der Waals surface area contributed by atoms with Crippen molar-refractivity contribution in [1.82, 2.24) is 0 Å². The van der Waals surface area contributed by atoms with E-state index in [0.717, 1.165) is 25.7 Å². The van der Waals surface area contributed by atoms with E-state index >= 15 is 0 Å². The molecule has 0 unspecified atom stereocenters. The van der Waals surface area contributed by atoms with Gasteiger partial charge in [0, 0.05) is 11.7 Å². The summed E-state index contributed by atoms with van der Waals surface area (Å²) in [4.78, 5) is 0. The number of hydrogen-bond donors (Lipinski definition) is 1. The number of hydrogen-bond acceptors (Lipinski definition) is 1. The van der Waals surface area contributed by atoms with E-state index in [1.165, 1.54) is 25.5 Å². The highest BCUT2D eigenvalue weighted by atomic mass is 19.4. The summed E-state index contributed by atoms with van der Waals surface area (Å²) >= 11 is 0. The Hall–Kier alpha value is -1.19. The van der Waals surface area contributed by atoms with Crippen molar-refractivity contribution in [2.45, 2.75) is 51.2 Å². The first-order valence-electron chi connectivity index (χ1n) is 6.41. The van der Waals surface area contributed by atoms with Gasteiger partial charge in [-0.15, -0.1) is 0 Å². The van der Waals surface area contributed by atoms with Crippen LogP contribution in [0, 0.1) is 6.92 Å². The Morgan fingerprint density at radius 2 is 1.78 bits per heavy atom. The van der Waals surface area contributed by atoms with Gasteiger partial charge in [0.15, 0.2) is 0 Å². The number of aryl methyl sites for hydroxylation is 1. The van der Waals surface area contributed by atoms with Gasteiger partial charge in [0.25, 0.3) is 0 Å². The Kier molecular flexibility index (Phi) is 3.83. The molecule has 0 amide bonds. The molecule has 1 saturated carbocycles. The fourth-order valence-electron chi connectivity index (χ4n) is 2.50. The van der Waals surface area contributed by atoms with Crippen molar-refractivity contribution >= 4 is 5.69 Å². The molecule has 1 nitrogen and oxygen atoms in total. The molecule has 0 saturated heterocycles. The van der Waals surface area contributed by atoms with Crippen molar-refractivity contribution in [1.29, 1.82) is 0 Å². The SMILES string of the molecule is Cc1ccc(NC2CCCCC2)cc1C(F)(F)F. The molecule has 0 aliphatic heterocycles. The summed E-state index contributed by atoms with van der Waals surface area (Å²) < 4.78 is 38.3. The summed E-state index contributed by atoms with van der Waals surface area (Å²) in [5, 5.41) is 3.22. The first-order chi connectivity index (χ1) is 8.47. The average molecular weight is 257 g/mol. The number of rotatable bonds is 2. The van der Waals surface area contributed by atoms with Crippen LogP contribution in [0.15, 0.2) is 18.2 Å². The van der Waals surface area contributed by atoms with Gasteiger partial charge in [-0.05, 0) is 37.5 Å². The topological polar surface area (TPSA) is 12.0 Å². The maximum absolute atomic E-state index is 12.8. The third kappa shape index (κ3) is 3.18. The van der Waals surface area contributed by atoms with Crippen molar-refractivity contribution in [3.05, 3.63) is 29.3 Å². The fourth-order valence-corrected chi connectivity index (χ4v) is 2.50. The largest absolute Gasteiger partial charge is 0.416 e. The minimum absolute atomic E-state index is 0.275. The summed E-state index contributed by atoms with van der Waals surface area (Å²) in [6.45, 7) is 1.49. The predicted molar refractivity (Wildman–Crippen MR) is 66.7 cm³/mol. The summed E-state index contributed by atoms with van der Waals surface area (Å²) in [5.41, 5.74) is 0.319. The third-order valence-corrected chi connectivity index (χ3v) is 3.52. The van der Waals surface area contributed by atoms with Crippen LogP contribution < -0.4 is 5.32 Å². The van der Waals surface area contributed by atoms with Gasteiger partial charge >= 0.3 is 6.18 Å². The van der Waals surface area contributed by atoms with Gasteiger partial charge in [0.1, 0.15) is 0 Å². The molecule has 0 heterocycles. The van der Waals surface area contributed by atoms with Crippen LogP contribution in [0.25, 0.3) is 0 Å². The van der Waals surface area contributed by atoms with E-state index in [1.807, 2.05) is 0 Å². The maximum Gasteiger partial charge on any atom is 0.416 e. The molecular weight excluding hydrogens is 239 g/mol. The highest BCUT2D eigenvalue weighted by Crippen LogP contribution is 2.34. The molecule has 0 radical (unpaired) electrons. The first kappa shape index (κ1) is 13.2. The molecule has 0 bridgehead atoms. The van der Waals surface area contributed by atoms with Crippen LogP contribution in [-0.2, 0) is 6.18 Å². The predicted octanol–water partition coefficient (Wildman–Crippen LogP) is 4.76. The van der Waals surface area contributed by atoms with Crippen molar-refractivity contribution in [3.8, 4) is 0 Å². The average Bonchev–Trinajstić information content (AvgIpc) is 2.31. The van der Waals surface area contributed by atoms with E-state index in [9.17, 15) is 13.2 Å². The molecule has 0 spiro atoms. The standard InChI is InChI=1S/C14H18F3N/c1-10-7-8-12(9-13(10)14(15,16)17)18-11-5-3-2-4-6-11/h7-9,11,18H,2-6H2,1H3.